The average Bonchev–Trinajstić information content (AvgIpc) is 3.20. The number of carbonyl (C=O) groups excluding carboxylic acids is 2. The minimum atomic E-state index is -4.74. The Morgan fingerprint density at radius 1 is 0.534 bits per heavy atom. The summed E-state index contributed by atoms with van der Waals surface area (Å²) in [4.78, 5) is 45.9. The van der Waals surface area contributed by atoms with Gasteiger partial charge in [0.15, 0.2) is 6.10 Å². The van der Waals surface area contributed by atoms with Gasteiger partial charge in [0, 0.05) is 12.8 Å². The summed E-state index contributed by atoms with van der Waals surface area (Å²) < 4.78 is 32.6. The molecule has 0 aromatic carbocycles. The number of phosphoric acid groups is 1. The number of esters is 2. The van der Waals surface area contributed by atoms with Gasteiger partial charge < -0.3 is 25.2 Å². The third-order valence-corrected chi connectivity index (χ3v) is 8.97. The lowest BCUT2D eigenvalue weighted by Crippen LogP contribution is -2.34. The molecule has 0 fully saturated rings. The van der Waals surface area contributed by atoms with Crippen molar-refractivity contribution in [2.45, 2.75) is 142 Å². The molecule has 12 heteroatoms. The van der Waals surface area contributed by atoms with Crippen molar-refractivity contribution in [1.29, 1.82) is 0 Å². The van der Waals surface area contributed by atoms with Crippen molar-refractivity contribution >= 4 is 25.7 Å². The predicted octanol–water partition coefficient (Wildman–Crippen LogP) is 11.1. The third kappa shape index (κ3) is 39.0. The first-order valence-electron chi connectivity index (χ1n) is 20.9. The van der Waals surface area contributed by atoms with Crippen LogP contribution in [0, 0.1) is 0 Å². The number of aliphatic carboxylic acids is 1. The number of carboxylic acids is 1. The van der Waals surface area contributed by atoms with Gasteiger partial charge in [-0.05, 0) is 96.3 Å². The Balaban J connectivity index is 4.55. The average molecular weight is 830 g/mol. The van der Waals surface area contributed by atoms with Crippen molar-refractivity contribution in [3.05, 3.63) is 109 Å². The van der Waals surface area contributed by atoms with E-state index < -0.39 is 51.1 Å². The lowest BCUT2D eigenvalue weighted by molar-refractivity contribution is -0.161. The normalized spacial score (nSPS) is 14.8. The van der Waals surface area contributed by atoms with E-state index in [1.54, 1.807) is 0 Å². The first-order chi connectivity index (χ1) is 28.1. The number of carboxylic acid groups (broad SMARTS) is 1. The van der Waals surface area contributed by atoms with Crippen molar-refractivity contribution in [1.82, 2.24) is 0 Å². The smallest absolute Gasteiger partial charge is 0.472 e. The monoisotopic (exact) mass is 829 g/mol. The first kappa shape index (κ1) is 54.1. The van der Waals surface area contributed by atoms with Crippen LogP contribution >= 0.6 is 7.82 Å². The summed E-state index contributed by atoms with van der Waals surface area (Å²) in [7, 11) is -4.74. The topological polar surface area (TPSA) is 172 Å². The maximum Gasteiger partial charge on any atom is 0.472 e. The van der Waals surface area contributed by atoms with E-state index in [1.807, 2.05) is 0 Å². The number of nitrogens with two attached hydrogens (primary N) is 1. The summed E-state index contributed by atoms with van der Waals surface area (Å²) in [5, 5.41) is 8.88. The Morgan fingerprint density at radius 2 is 0.914 bits per heavy atom. The molecule has 1 unspecified atom stereocenters. The fraction of sp³-hybridized carbons (Fsp3) is 0.543. The fourth-order valence-corrected chi connectivity index (χ4v) is 5.56. The van der Waals surface area contributed by atoms with Gasteiger partial charge in [0.25, 0.3) is 0 Å². The molecule has 0 amide bonds. The van der Waals surface area contributed by atoms with E-state index in [9.17, 15) is 23.8 Å². The maximum atomic E-state index is 12.6. The lowest BCUT2D eigenvalue weighted by atomic mass is 10.1. The Bertz CT molecular complexity index is 1390. The number of carbonyl (C=O) groups is 3. The van der Waals surface area contributed by atoms with Crippen LogP contribution in [0.15, 0.2) is 109 Å². The van der Waals surface area contributed by atoms with Gasteiger partial charge in [0.05, 0.1) is 13.2 Å². The highest BCUT2D eigenvalue weighted by atomic mass is 31.2. The molecule has 0 aliphatic rings. The van der Waals surface area contributed by atoms with Crippen LogP contribution in [0.3, 0.4) is 0 Å². The minimum absolute atomic E-state index is 0.105. The minimum Gasteiger partial charge on any atom is -0.480 e. The molecule has 0 heterocycles. The molecule has 4 N–H and O–H groups in total. The number of rotatable bonds is 37. The Labute approximate surface area is 348 Å². The molecule has 0 aromatic rings. The summed E-state index contributed by atoms with van der Waals surface area (Å²) in [6, 6.07) is -1.54. The van der Waals surface area contributed by atoms with Crippen LogP contribution in [-0.4, -0.2) is 59.9 Å². The van der Waals surface area contributed by atoms with Crippen LogP contribution in [0.25, 0.3) is 0 Å². The van der Waals surface area contributed by atoms with Gasteiger partial charge in [0.2, 0.25) is 0 Å². The molecule has 0 rings (SSSR count). The Morgan fingerprint density at radius 3 is 1.36 bits per heavy atom. The quantitative estimate of drug-likeness (QED) is 0.0235. The van der Waals surface area contributed by atoms with Crippen LogP contribution < -0.4 is 5.73 Å². The summed E-state index contributed by atoms with van der Waals surface area (Å²) in [5.74, 6) is -2.49. The van der Waals surface area contributed by atoms with Crippen LogP contribution in [0.2, 0.25) is 0 Å². The largest absolute Gasteiger partial charge is 0.480 e. The van der Waals surface area contributed by atoms with E-state index >= 15 is 0 Å². The van der Waals surface area contributed by atoms with Gasteiger partial charge in [0.1, 0.15) is 12.6 Å². The molecule has 0 saturated heterocycles. The van der Waals surface area contributed by atoms with Crippen molar-refractivity contribution in [3.8, 4) is 0 Å². The molecule has 0 spiro atoms. The summed E-state index contributed by atoms with van der Waals surface area (Å²) in [6.07, 6.45) is 51.6. The molecule has 0 saturated carbocycles. The van der Waals surface area contributed by atoms with E-state index in [0.717, 1.165) is 89.9 Å². The van der Waals surface area contributed by atoms with E-state index in [-0.39, 0.29) is 19.4 Å². The van der Waals surface area contributed by atoms with Crippen LogP contribution in [0.1, 0.15) is 129 Å². The molecule has 326 valence electrons. The molecular weight excluding hydrogens is 757 g/mol. The van der Waals surface area contributed by atoms with Crippen LogP contribution in [-0.2, 0) is 37.5 Å². The highest BCUT2D eigenvalue weighted by Crippen LogP contribution is 2.43. The molecule has 0 aliphatic carbocycles. The molecule has 0 radical (unpaired) electrons. The standard InChI is InChI=1S/C46H72NO10P/c1-3-5-7-9-11-13-15-17-19-20-21-22-24-26-28-30-32-34-36-38-45(49)57-42(40-55-58(52,53)56-41-43(47)46(50)51)39-54-44(48)37-35-33-31-29-27-25-23-18-16-14-12-10-8-6-4-2/h5-8,11-14,17-19,21-23,26-29,42-43H,3-4,9-10,15-16,20,24-25,30-41,47H2,1-2H3,(H,50,51)(H,52,53)/b7-5+,8-6+,13-11+,14-12+,19-17+,22-21+,23-18+,28-26+,29-27+/t42-,43+/m1/s1. The van der Waals surface area contributed by atoms with Crippen molar-refractivity contribution in [3.63, 3.8) is 0 Å². The number of allylic oxidation sites excluding steroid dienone is 18. The molecule has 3 atom stereocenters. The molecular formula is C46H72NO10P. The van der Waals surface area contributed by atoms with Gasteiger partial charge in [-0.3, -0.25) is 23.4 Å². The van der Waals surface area contributed by atoms with Gasteiger partial charge in [-0.25, -0.2) is 4.57 Å². The van der Waals surface area contributed by atoms with Crippen molar-refractivity contribution in [2.24, 2.45) is 5.73 Å². The second-order valence-electron chi connectivity index (χ2n) is 13.4. The second-order valence-corrected chi connectivity index (χ2v) is 14.8. The number of ether oxygens (including phenoxy) is 2. The molecule has 0 aromatic heterocycles. The van der Waals surface area contributed by atoms with E-state index in [1.165, 1.54) is 0 Å². The Hall–Kier alpha value is -3.86. The molecule has 58 heavy (non-hydrogen) atoms. The van der Waals surface area contributed by atoms with Crippen molar-refractivity contribution < 1.29 is 47.5 Å². The molecule has 11 nitrogen and oxygen atoms in total. The van der Waals surface area contributed by atoms with Gasteiger partial charge in [-0.2, -0.15) is 0 Å². The van der Waals surface area contributed by atoms with Crippen molar-refractivity contribution in [2.75, 3.05) is 19.8 Å². The highest BCUT2D eigenvalue weighted by Gasteiger charge is 2.28. The highest BCUT2D eigenvalue weighted by molar-refractivity contribution is 7.47. The molecule has 0 bridgehead atoms. The zero-order chi connectivity index (χ0) is 42.8. The maximum absolute atomic E-state index is 12.6. The second kappa shape index (κ2) is 39.9. The fourth-order valence-electron chi connectivity index (χ4n) is 4.79. The number of hydrogen-bond donors (Lipinski definition) is 3. The van der Waals surface area contributed by atoms with Crippen LogP contribution in [0.5, 0.6) is 0 Å². The zero-order valence-electron chi connectivity index (χ0n) is 35.1. The summed E-state index contributed by atoms with van der Waals surface area (Å²) >= 11 is 0. The Kier molecular flexibility index (Phi) is 37.3. The number of unbranched alkanes of at least 4 members (excludes halogenated alkanes) is 5. The lowest BCUT2D eigenvalue weighted by Gasteiger charge is -2.20. The van der Waals surface area contributed by atoms with Gasteiger partial charge in [-0.1, -0.05) is 130 Å². The predicted molar refractivity (Wildman–Crippen MR) is 235 cm³/mol. The summed E-state index contributed by atoms with van der Waals surface area (Å²) in [6.45, 7) is 2.46. The van der Waals surface area contributed by atoms with Gasteiger partial charge in [-0.15, -0.1) is 0 Å². The van der Waals surface area contributed by atoms with Crippen LogP contribution in [0.4, 0.5) is 0 Å². The third-order valence-electron chi connectivity index (χ3n) is 8.02. The van der Waals surface area contributed by atoms with E-state index in [2.05, 4.69) is 128 Å². The van der Waals surface area contributed by atoms with Gasteiger partial charge >= 0.3 is 25.7 Å². The number of hydrogen-bond acceptors (Lipinski definition) is 9. The van der Waals surface area contributed by atoms with E-state index in [0.29, 0.717) is 12.8 Å². The SMILES string of the molecule is CC/C=C/C/C=C/C/C=C/C/C=C/C/C=C/CCCCCC(=O)O[C@H](COC(=O)CCCC/C=C/C/C=C/C/C=C/C/C=C/CC)COP(=O)(O)OC[C@H](N)C(=O)O. The zero-order valence-corrected chi connectivity index (χ0v) is 36.0. The summed E-state index contributed by atoms with van der Waals surface area (Å²) in [5.41, 5.74) is 5.32. The first-order valence-corrected chi connectivity index (χ1v) is 22.4. The van der Waals surface area contributed by atoms with E-state index in [4.69, 9.17) is 24.8 Å². The number of phosphoric ester groups is 1. The molecule has 0 aliphatic heterocycles.